The summed E-state index contributed by atoms with van der Waals surface area (Å²) in [5.41, 5.74) is 9.40. The van der Waals surface area contributed by atoms with Crippen LogP contribution in [0.3, 0.4) is 0 Å². The molecule has 0 saturated carbocycles. The summed E-state index contributed by atoms with van der Waals surface area (Å²) in [7, 11) is 0. The first kappa shape index (κ1) is 19.4. The fraction of sp³-hybridized carbons (Fsp3) is 0.130. The molecule has 1 amide bonds. The molecule has 0 aliphatic heterocycles. The zero-order valence-corrected chi connectivity index (χ0v) is 16.6. The van der Waals surface area contributed by atoms with Gasteiger partial charge in [-0.1, -0.05) is 30.3 Å². The lowest BCUT2D eigenvalue weighted by molar-refractivity contribution is -0.119. The molecule has 4 aromatic rings. The number of nitrogens with zero attached hydrogens (tertiary/aromatic N) is 2. The van der Waals surface area contributed by atoms with Crippen LogP contribution in [-0.2, 0) is 4.79 Å². The molecule has 152 valence electrons. The van der Waals surface area contributed by atoms with E-state index in [1.54, 1.807) is 6.07 Å². The predicted molar refractivity (Wildman–Crippen MR) is 114 cm³/mol. The molecular formula is C23H21FN4O2. The smallest absolute Gasteiger partial charge is 0.255 e. The van der Waals surface area contributed by atoms with E-state index in [9.17, 15) is 9.18 Å². The van der Waals surface area contributed by atoms with Gasteiger partial charge in [-0.15, -0.1) is 0 Å². The van der Waals surface area contributed by atoms with Crippen molar-refractivity contribution in [1.82, 2.24) is 9.38 Å². The summed E-state index contributed by atoms with van der Waals surface area (Å²) < 4.78 is 22.3. The van der Waals surface area contributed by atoms with Gasteiger partial charge in [0.1, 0.15) is 28.7 Å². The maximum absolute atomic E-state index is 15.0. The Labute approximate surface area is 173 Å². The first-order valence-electron chi connectivity index (χ1n) is 9.46. The minimum Gasteiger partial charge on any atom is -0.483 e. The highest BCUT2D eigenvalue weighted by molar-refractivity contribution is 5.84. The third-order valence-electron chi connectivity index (χ3n) is 4.84. The van der Waals surface area contributed by atoms with Gasteiger partial charge in [0.15, 0.2) is 6.61 Å². The quantitative estimate of drug-likeness (QED) is 0.500. The molecule has 0 bridgehead atoms. The summed E-state index contributed by atoms with van der Waals surface area (Å²) in [6, 6.07) is 16.0. The molecule has 6 nitrogen and oxygen atoms in total. The van der Waals surface area contributed by atoms with Gasteiger partial charge in [-0.2, -0.15) is 0 Å². The van der Waals surface area contributed by atoms with Crippen LogP contribution in [0.2, 0.25) is 0 Å². The molecule has 0 saturated heterocycles. The first-order valence-corrected chi connectivity index (χ1v) is 9.46. The Hall–Kier alpha value is -3.87. The van der Waals surface area contributed by atoms with Crippen molar-refractivity contribution in [2.24, 2.45) is 5.73 Å². The second kappa shape index (κ2) is 7.87. The summed E-state index contributed by atoms with van der Waals surface area (Å²) in [6.45, 7) is 3.65. The van der Waals surface area contributed by atoms with Gasteiger partial charge >= 0.3 is 0 Å². The first-order chi connectivity index (χ1) is 14.5. The SMILES string of the molecule is Cc1cccc(C)c1Nc1c(-c2c(F)cccc2OCC(N)=O)nc2ccccn12. The Kier molecular flexibility index (Phi) is 5.10. The zero-order valence-electron chi connectivity index (χ0n) is 16.6. The molecule has 0 aliphatic carbocycles. The lowest BCUT2D eigenvalue weighted by Gasteiger charge is -2.15. The highest BCUT2D eigenvalue weighted by Crippen LogP contribution is 2.39. The number of ether oxygens (including phenoxy) is 1. The number of amides is 1. The van der Waals surface area contributed by atoms with E-state index in [0.29, 0.717) is 17.2 Å². The normalized spacial score (nSPS) is 10.9. The minimum absolute atomic E-state index is 0.163. The van der Waals surface area contributed by atoms with E-state index in [1.165, 1.54) is 12.1 Å². The van der Waals surface area contributed by atoms with Crippen LogP contribution in [0.5, 0.6) is 5.75 Å². The summed E-state index contributed by atoms with van der Waals surface area (Å²) in [5.74, 6) is -0.363. The van der Waals surface area contributed by atoms with Gasteiger partial charge in [-0.05, 0) is 49.2 Å². The van der Waals surface area contributed by atoms with Crippen molar-refractivity contribution < 1.29 is 13.9 Å². The van der Waals surface area contributed by atoms with Crippen molar-refractivity contribution in [2.75, 3.05) is 11.9 Å². The summed E-state index contributed by atoms with van der Waals surface area (Å²) in [5, 5.41) is 3.44. The number of aromatic nitrogens is 2. The fourth-order valence-corrected chi connectivity index (χ4v) is 3.42. The third-order valence-corrected chi connectivity index (χ3v) is 4.84. The van der Waals surface area contributed by atoms with Crippen LogP contribution in [0.4, 0.5) is 15.9 Å². The van der Waals surface area contributed by atoms with Gasteiger partial charge in [0.2, 0.25) is 0 Å². The largest absolute Gasteiger partial charge is 0.483 e. The Morgan fingerprint density at radius 3 is 2.57 bits per heavy atom. The number of anilines is 2. The highest BCUT2D eigenvalue weighted by Gasteiger charge is 2.22. The maximum Gasteiger partial charge on any atom is 0.255 e. The van der Waals surface area contributed by atoms with Crippen molar-refractivity contribution >= 4 is 23.1 Å². The molecule has 0 spiro atoms. The summed E-state index contributed by atoms with van der Waals surface area (Å²) >= 11 is 0. The number of halogens is 1. The van der Waals surface area contributed by atoms with E-state index in [2.05, 4.69) is 10.3 Å². The van der Waals surface area contributed by atoms with Crippen molar-refractivity contribution in [3.05, 3.63) is 77.7 Å². The lowest BCUT2D eigenvalue weighted by Crippen LogP contribution is -2.20. The number of hydrogen-bond donors (Lipinski definition) is 2. The zero-order chi connectivity index (χ0) is 21.3. The van der Waals surface area contributed by atoms with E-state index >= 15 is 0 Å². The van der Waals surface area contributed by atoms with Crippen LogP contribution in [-0.4, -0.2) is 21.9 Å². The molecule has 0 aliphatic rings. The molecule has 2 heterocycles. The van der Waals surface area contributed by atoms with Crippen LogP contribution < -0.4 is 15.8 Å². The molecule has 7 heteroatoms. The minimum atomic E-state index is -0.644. The monoisotopic (exact) mass is 404 g/mol. The van der Waals surface area contributed by atoms with Gasteiger partial charge in [-0.3, -0.25) is 9.20 Å². The molecule has 2 aromatic carbocycles. The number of primary amides is 1. The van der Waals surface area contributed by atoms with E-state index < -0.39 is 11.7 Å². The lowest BCUT2D eigenvalue weighted by atomic mass is 10.1. The van der Waals surface area contributed by atoms with Gasteiger partial charge < -0.3 is 15.8 Å². The van der Waals surface area contributed by atoms with Crippen molar-refractivity contribution in [1.29, 1.82) is 0 Å². The Balaban J connectivity index is 1.93. The molecule has 0 fully saturated rings. The molecule has 30 heavy (non-hydrogen) atoms. The van der Waals surface area contributed by atoms with E-state index in [-0.39, 0.29) is 17.9 Å². The van der Waals surface area contributed by atoms with Crippen LogP contribution >= 0.6 is 0 Å². The van der Waals surface area contributed by atoms with Gasteiger partial charge in [0, 0.05) is 11.9 Å². The van der Waals surface area contributed by atoms with Gasteiger partial charge in [0.05, 0.1) is 5.56 Å². The van der Waals surface area contributed by atoms with Crippen LogP contribution in [0.25, 0.3) is 16.9 Å². The third kappa shape index (κ3) is 3.57. The molecule has 4 rings (SSSR count). The fourth-order valence-electron chi connectivity index (χ4n) is 3.42. The van der Waals surface area contributed by atoms with Crippen molar-refractivity contribution in [3.8, 4) is 17.0 Å². The molecule has 2 aromatic heterocycles. The topological polar surface area (TPSA) is 81.6 Å². The predicted octanol–water partition coefficient (Wildman–Crippen LogP) is 4.36. The van der Waals surface area contributed by atoms with E-state index in [4.69, 9.17) is 10.5 Å². The van der Waals surface area contributed by atoms with E-state index in [1.807, 2.05) is 60.8 Å². The van der Waals surface area contributed by atoms with Crippen LogP contribution in [0, 0.1) is 19.7 Å². The second-order valence-corrected chi connectivity index (χ2v) is 7.00. The number of benzene rings is 2. The number of carbonyl (C=O) groups is 1. The maximum atomic E-state index is 15.0. The number of para-hydroxylation sites is 1. The molecular weight excluding hydrogens is 383 g/mol. The Morgan fingerprint density at radius 1 is 1.10 bits per heavy atom. The number of carbonyl (C=O) groups excluding carboxylic acids is 1. The number of hydrogen-bond acceptors (Lipinski definition) is 4. The Bertz CT molecular complexity index is 1230. The Morgan fingerprint density at radius 2 is 1.83 bits per heavy atom. The average molecular weight is 404 g/mol. The summed E-state index contributed by atoms with van der Waals surface area (Å²) in [6.07, 6.45) is 1.85. The number of nitrogens with one attached hydrogen (secondary N) is 1. The van der Waals surface area contributed by atoms with Gasteiger partial charge in [0.25, 0.3) is 5.91 Å². The number of nitrogens with two attached hydrogens (primary N) is 1. The van der Waals surface area contributed by atoms with Crippen molar-refractivity contribution in [2.45, 2.75) is 13.8 Å². The van der Waals surface area contributed by atoms with Gasteiger partial charge in [-0.25, -0.2) is 9.37 Å². The average Bonchev–Trinajstić information content (AvgIpc) is 3.07. The number of pyridine rings is 1. The summed E-state index contributed by atoms with van der Waals surface area (Å²) in [4.78, 5) is 15.9. The number of aryl methyl sites for hydroxylation is 2. The molecule has 3 N–H and O–H groups in total. The number of rotatable bonds is 6. The standard InChI is InChI=1S/C23H21FN4O2/c1-14-7-5-8-15(2)21(14)27-23-22(26-19-11-3-4-12-28(19)23)20-16(24)9-6-10-17(20)30-13-18(25)29/h3-12,27H,13H2,1-2H3,(H2,25,29). The highest BCUT2D eigenvalue weighted by atomic mass is 19.1. The number of imidazole rings is 1. The second-order valence-electron chi connectivity index (χ2n) is 7.00. The molecule has 0 radical (unpaired) electrons. The van der Waals surface area contributed by atoms with Crippen LogP contribution in [0.1, 0.15) is 11.1 Å². The molecule has 0 unspecified atom stereocenters. The van der Waals surface area contributed by atoms with Crippen molar-refractivity contribution in [3.63, 3.8) is 0 Å². The molecule has 0 atom stereocenters. The van der Waals surface area contributed by atoms with E-state index in [0.717, 1.165) is 16.8 Å². The van der Waals surface area contributed by atoms with Crippen LogP contribution in [0.15, 0.2) is 60.8 Å². The number of fused-ring (bicyclic) bond motifs is 1.